The average Bonchev–Trinajstić information content (AvgIpc) is 3.01. The summed E-state index contributed by atoms with van der Waals surface area (Å²) in [5.74, 6) is -0.0968. The smallest absolute Gasteiger partial charge is 0.257 e. The third-order valence-electron chi connectivity index (χ3n) is 4.16. The Kier molecular flexibility index (Phi) is 4.42. The van der Waals surface area contributed by atoms with Crippen molar-refractivity contribution in [2.45, 2.75) is 26.2 Å². The van der Waals surface area contributed by atoms with E-state index in [4.69, 9.17) is 0 Å². The van der Waals surface area contributed by atoms with Crippen LogP contribution in [0.25, 0.3) is 0 Å². The summed E-state index contributed by atoms with van der Waals surface area (Å²) in [5, 5.41) is 2.98. The summed E-state index contributed by atoms with van der Waals surface area (Å²) in [5.41, 5.74) is 3.15. The van der Waals surface area contributed by atoms with Gasteiger partial charge >= 0.3 is 0 Å². The number of benzene rings is 2. The maximum absolute atomic E-state index is 12.7. The second kappa shape index (κ2) is 6.65. The Labute approximate surface area is 136 Å². The molecule has 118 valence electrons. The molecule has 23 heavy (non-hydrogen) atoms. The molecule has 0 saturated carbocycles. The van der Waals surface area contributed by atoms with Crippen LogP contribution < -0.4 is 10.2 Å². The molecule has 4 nitrogen and oxygen atoms in total. The van der Waals surface area contributed by atoms with Crippen LogP contribution in [0.4, 0.5) is 11.4 Å². The maximum Gasteiger partial charge on any atom is 0.257 e. The predicted molar refractivity (Wildman–Crippen MR) is 91.8 cm³/mol. The Morgan fingerprint density at radius 1 is 1.13 bits per heavy atom. The maximum atomic E-state index is 12.7. The number of aryl methyl sites for hydroxylation is 1. The summed E-state index contributed by atoms with van der Waals surface area (Å²) in [4.78, 5) is 26.4. The molecule has 0 unspecified atom stereocenters. The lowest BCUT2D eigenvalue weighted by molar-refractivity contribution is -0.117. The van der Waals surface area contributed by atoms with Gasteiger partial charge in [-0.2, -0.15) is 0 Å². The van der Waals surface area contributed by atoms with Gasteiger partial charge < -0.3 is 10.2 Å². The first-order valence-electron chi connectivity index (χ1n) is 7.99. The van der Waals surface area contributed by atoms with E-state index < -0.39 is 0 Å². The standard InChI is InChI=1S/C19H20N2O2/c1-2-14-8-3-5-10-16(14)20-19(23)15-9-4-6-11-17(15)21-13-7-12-18(21)22/h3-6,8-11H,2,7,12-13H2,1H3,(H,20,23). The van der Waals surface area contributed by atoms with E-state index in [1.54, 1.807) is 11.0 Å². The van der Waals surface area contributed by atoms with Crippen LogP contribution in [0.15, 0.2) is 48.5 Å². The van der Waals surface area contributed by atoms with Gasteiger partial charge in [0.15, 0.2) is 0 Å². The Morgan fingerprint density at radius 2 is 1.87 bits per heavy atom. The summed E-state index contributed by atoms with van der Waals surface area (Å²) in [6.07, 6.45) is 2.24. The Balaban J connectivity index is 1.90. The molecule has 3 rings (SSSR count). The van der Waals surface area contributed by atoms with Crippen LogP contribution in [-0.4, -0.2) is 18.4 Å². The molecule has 0 radical (unpaired) electrons. The molecule has 0 spiro atoms. The minimum Gasteiger partial charge on any atom is -0.322 e. The number of amides is 2. The normalized spacial score (nSPS) is 14.1. The van der Waals surface area contributed by atoms with E-state index in [0.717, 1.165) is 24.1 Å². The summed E-state index contributed by atoms with van der Waals surface area (Å²) in [6.45, 7) is 2.73. The van der Waals surface area contributed by atoms with E-state index in [1.165, 1.54) is 0 Å². The third kappa shape index (κ3) is 3.11. The number of nitrogens with zero attached hydrogens (tertiary/aromatic N) is 1. The van der Waals surface area contributed by atoms with Gasteiger partial charge in [-0.3, -0.25) is 9.59 Å². The first kappa shape index (κ1) is 15.3. The molecule has 1 saturated heterocycles. The van der Waals surface area contributed by atoms with Gasteiger partial charge in [0.1, 0.15) is 0 Å². The number of carbonyl (C=O) groups is 2. The third-order valence-corrected chi connectivity index (χ3v) is 4.16. The van der Waals surface area contributed by atoms with Gasteiger partial charge in [0.05, 0.1) is 11.3 Å². The van der Waals surface area contributed by atoms with Crippen molar-refractivity contribution < 1.29 is 9.59 Å². The molecule has 1 fully saturated rings. The van der Waals surface area contributed by atoms with Gasteiger partial charge in [-0.05, 0) is 36.6 Å². The predicted octanol–water partition coefficient (Wildman–Crippen LogP) is 3.63. The SMILES string of the molecule is CCc1ccccc1NC(=O)c1ccccc1N1CCCC1=O. The molecule has 4 heteroatoms. The minimum absolute atomic E-state index is 0.0826. The summed E-state index contributed by atoms with van der Waals surface area (Å²) in [6, 6.07) is 15.1. The molecular weight excluding hydrogens is 288 g/mol. The van der Waals surface area contributed by atoms with Crippen molar-refractivity contribution in [2.75, 3.05) is 16.8 Å². The highest BCUT2D eigenvalue weighted by atomic mass is 16.2. The minimum atomic E-state index is -0.179. The first-order valence-corrected chi connectivity index (χ1v) is 7.99. The van der Waals surface area contributed by atoms with Crippen LogP contribution in [0.3, 0.4) is 0 Å². The zero-order valence-corrected chi connectivity index (χ0v) is 13.2. The van der Waals surface area contributed by atoms with Crippen molar-refractivity contribution in [3.05, 3.63) is 59.7 Å². The van der Waals surface area contributed by atoms with Crippen LogP contribution >= 0.6 is 0 Å². The quantitative estimate of drug-likeness (QED) is 0.937. The molecule has 2 amide bonds. The van der Waals surface area contributed by atoms with Crippen LogP contribution in [0.1, 0.15) is 35.7 Å². The van der Waals surface area contributed by atoms with Gasteiger partial charge in [-0.25, -0.2) is 0 Å². The monoisotopic (exact) mass is 308 g/mol. The number of hydrogen-bond donors (Lipinski definition) is 1. The lowest BCUT2D eigenvalue weighted by atomic mass is 10.1. The van der Waals surface area contributed by atoms with Crippen LogP contribution in [0.5, 0.6) is 0 Å². The molecule has 0 aliphatic carbocycles. The summed E-state index contributed by atoms with van der Waals surface area (Å²) < 4.78 is 0. The molecule has 2 aromatic rings. The molecule has 0 bridgehead atoms. The van der Waals surface area contributed by atoms with E-state index in [0.29, 0.717) is 24.2 Å². The molecule has 1 N–H and O–H groups in total. The number of para-hydroxylation sites is 2. The van der Waals surface area contributed by atoms with Crippen LogP contribution in [-0.2, 0) is 11.2 Å². The Hall–Kier alpha value is -2.62. The van der Waals surface area contributed by atoms with Gasteiger partial charge in [0.25, 0.3) is 5.91 Å². The van der Waals surface area contributed by atoms with Crippen molar-refractivity contribution in [2.24, 2.45) is 0 Å². The summed E-state index contributed by atoms with van der Waals surface area (Å²) >= 11 is 0. The Morgan fingerprint density at radius 3 is 2.61 bits per heavy atom. The molecule has 2 aromatic carbocycles. The van der Waals surface area contributed by atoms with Gasteiger partial charge in [-0.1, -0.05) is 37.3 Å². The highest BCUT2D eigenvalue weighted by Gasteiger charge is 2.25. The van der Waals surface area contributed by atoms with Gasteiger partial charge in [-0.15, -0.1) is 0 Å². The fraction of sp³-hybridized carbons (Fsp3) is 0.263. The largest absolute Gasteiger partial charge is 0.322 e. The zero-order valence-electron chi connectivity index (χ0n) is 13.2. The number of rotatable bonds is 4. The average molecular weight is 308 g/mol. The highest BCUT2D eigenvalue weighted by molar-refractivity contribution is 6.11. The second-order valence-corrected chi connectivity index (χ2v) is 5.63. The van der Waals surface area contributed by atoms with Gasteiger partial charge in [0, 0.05) is 18.7 Å². The zero-order chi connectivity index (χ0) is 16.2. The number of nitrogens with one attached hydrogen (secondary N) is 1. The topological polar surface area (TPSA) is 49.4 Å². The van der Waals surface area contributed by atoms with Crippen molar-refractivity contribution in [1.82, 2.24) is 0 Å². The number of carbonyl (C=O) groups excluding carboxylic acids is 2. The fourth-order valence-electron chi connectivity index (χ4n) is 2.94. The first-order chi connectivity index (χ1) is 11.2. The van der Waals surface area contributed by atoms with E-state index in [-0.39, 0.29) is 11.8 Å². The fourth-order valence-corrected chi connectivity index (χ4v) is 2.94. The van der Waals surface area contributed by atoms with E-state index in [9.17, 15) is 9.59 Å². The van der Waals surface area contributed by atoms with E-state index >= 15 is 0 Å². The molecule has 1 heterocycles. The van der Waals surface area contributed by atoms with Crippen LogP contribution in [0.2, 0.25) is 0 Å². The molecule has 1 aliphatic rings. The molecular formula is C19H20N2O2. The molecule has 0 aromatic heterocycles. The van der Waals surface area contributed by atoms with Crippen molar-refractivity contribution >= 4 is 23.2 Å². The van der Waals surface area contributed by atoms with E-state index in [2.05, 4.69) is 12.2 Å². The second-order valence-electron chi connectivity index (χ2n) is 5.63. The molecule has 0 atom stereocenters. The van der Waals surface area contributed by atoms with Crippen molar-refractivity contribution in [3.63, 3.8) is 0 Å². The number of hydrogen-bond acceptors (Lipinski definition) is 2. The number of anilines is 2. The lowest BCUT2D eigenvalue weighted by Crippen LogP contribution is -2.27. The van der Waals surface area contributed by atoms with Gasteiger partial charge in [0.2, 0.25) is 5.91 Å². The van der Waals surface area contributed by atoms with Crippen molar-refractivity contribution in [3.8, 4) is 0 Å². The van der Waals surface area contributed by atoms with Crippen LogP contribution in [0, 0.1) is 0 Å². The lowest BCUT2D eigenvalue weighted by Gasteiger charge is -2.19. The molecule has 1 aliphatic heterocycles. The van der Waals surface area contributed by atoms with Crippen molar-refractivity contribution in [1.29, 1.82) is 0 Å². The highest BCUT2D eigenvalue weighted by Crippen LogP contribution is 2.26. The van der Waals surface area contributed by atoms with E-state index in [1.807, 2.05) is 42.5 Å². The summed E-state index contributed by atoms with van der Waals surface area (Å²) in [7, 11) is 0. The Bertz CT molecular complexity index is 740.